The second kappa shape index (κ2) is 4.84. The van der Waals surface area contributed by atoms with E-state index in [1.165, 1.54) is 0 Å². The first-order valence-corrected chi connectivity index (χ1v) is 6.17. The fraction of sp³-hybridized carbons (Fsp3) is 0.500. The van der Waals surface area contributed by atoms with Crippen molar-refractivity contribution in [2.75, 3.05) is 13.2 Å². The molecule has 2 N–H and O–H groups in total. The minimum Gasteiger partial charge on any atom is -0.348 e. The molecule has 1 unspecified atom stereocenters. The maximum absolute atomic E-state index is 6.15. The number of rotatable bonds is 3. The second-order valence-corrected chi connectivity index (χ2v) is 5.11. The molecular formula is C12H16BrNO2. The van der Waals surface area contributed by atoms with Gasteiger partial charge in [-0.2, -0.15) is 0 Å². The van der Waals surface area contributed by atoms with Gasteiger partial charge in [-0.15, -0.1) is 0 Å². The molecule has 0 bridgehead atoms. The van der Waals surface area contributed by atoms with E-state index in [0.717, 1.165) is 10.0 Å². The van der Waals surface area contributed by atoms with Gasteiger partial charge < -0.3 is 15.2 Å². The molecule has 1 aromatic carbocycles. The molecule has 16 heavy (non-hydrogen) atoms. The number of halogens is 1. The maximum atomic E-state index is 6.15. The van der Waals surface area contributed by atoms with E-state index >= 15 is 0 Å². The van der Waals surface area contributed by atoms with Gasteiger partial charge in [0, 0.05) is 16.9 Å². The number of hydrogen-bond acceptors (Lipinski definition) is 3. The van der Waals surface area contributed by atoms with E-state index in [2.05, 4.69) is 15.9 Å². The van der Waals surface area contributed by atoms with Crippen molar-refractivity contribution in [3.05, 3.63) is 34.3 Å². The highest BCUT2D eigenvalue weighted by Crippen LogP contribution is 2.29. The number of benzene rings is 1. The van der Waals surface area contributed by atoms with Gasteiger partial charge in [-0.3, -0.25) is 0 Å². The van der Waals surface area contributed by atoms with Gasteiger partial charge in [0.15, 0.2) is 5.79 Å². The summed E-state index contributed by atoms with van der Waals surface area (Å²) in [7, 11) is 0. The Bertz CT molecular complexity index is 364. The molecule has 1 heterocycles. The summed E-state index contributed by atoms with van der Waals surface area (Å²) in [5.41, 5.74) is 7.24. The molecule has 0 aromatic heterocycles. The van der Waals surface area contributed by atoms with E-state index in [-0.39, 0.29) is 6.04 Å². The van der Waals surface area contributed by atoms with Gasteiger partial charge in [-0.1, -0.05) is 28.1 Å². The molecule has 88 valence electrons. The summed E-state index contributed by atoms with van der Waals surface area (Å²) in [6, 6.07) is 7.95. The normalized spacial score (nSPS) is 20.9. The number of hydrogen-bond donors (Lipinski definition) is 1. The minimum absolute atomic E-state index is 0.0689. The highest BCUT2D eigenvalue weighted by Gasteiger charge is 2.33. The second-order valence-electron chi connectivity index (χ2n) is 4.20. The summed E-state index contributed by atoms with van der Waals surface area (Å²) in [6.07, 6.45) is 0.670. The monoisotopic (exact) mass is 285 g/mol. The predicted octanol–water partition coefficient (Wildman–Crippen LogP) is 2.60. The van der Waals surface area contributed by atoms with E-state index in [9.17, 15) is 0 Å². The summed E-state index contributed by atoms with van der Waals surface area (Å²) in [4.78, 5) is 0. The molecule has 1 aliphatic heterocycles. The Morgan fingerprint density at radius 1 is 1.44 bits per heavy atom. The van der Waals surface area contributed by atoms with Gasteiger partial charge >= 0.3 is 0 Å². The van der Waals surface area contributed by atoms with E-state index in [1.807, 2.05) is 31.2 Å². The lowest BCUT2D eigenvalue weighted by atomic mass is 10.0. The van der Waals surface area contributed by atoms with Gasteiger partial charge in [0.05, 0.1) is 13.2 Å². The summed E-state index contributed by atoms with van der Waals surface area (Å²) in [5, 5.41) is 0. The van der Waals surface area contributed by atoms with Crippen molar-refractivity contribution in [1.29, 1.82) is 0 Å². The number of nitrogens with two attached hydrogens (primary N) is 1. The van der Waals surface area contributed by atoms with Crippen molar-refractivity contribution in [2.24, 2.45) is 5.73 Å². The average Bonchev–Trinajstić information content (AvgIpc) is 2.65. The molecule has 1 aromatic rings. The maximum Gasteiger partial charge on any atom is 0.167 e. The van der Waals surface area contributed by atoms with Crippen LogP contribution in [0.3, 0.4) is 0 Å². The summed E-state index contributed by atoms with van der Waals surface area (Å²) in [5.74, 6) is -0.526. The molecular weight excluding hydrogens is 270 g/mol. The van der Waals surface area contributed by atoms with Crippen molar-refractivity contribution in [3.8, 4) is 0 Å². The highest BCUT2D eigenvalue weighted by molar-refractivity contribution is 9.10. The molecule has 0 radical (unpaired) electrons. The summed E-state index contributed by atoms with van der Waals surface area (Å²) >= 11 is 3.44. The van der Waals surface area contributed by atoms with Gasteiger partial charge in [0.2, 0.25) is 0 Å². The van der Waals surface area contributed by atoms with Crippen LogP contribution in [0.4, 0.5) is 0 Å². The van der Waals surface area contributed by atoms with Crippen LogP contribution < -0.4 is 5.73 Å². The summed E-state index contributed by atoms with van der Waals surface area (Å²) in [6.45, 7) is 3.25. The largest absolute Gasteiger partial charge is 0.348 e. The van der Waals surface area contributed by atoms with Crippen molar-refractivity contribution < 1.29 is 9.47 Å². The Morgan fingerprint density at radius 2 is 2.12 bits per heavy atom. The lowest BCUT2D eigenvalue weighted by Gasteiger charge is -2.26. The first-order valence-electron chi connectivity index (χ1n) is 5.38. The Labute approximate surface area is 104 Å². The van der Waals surface area contributed by atoms with Gasteiger partial charge in [-0.05, 0) is 24.6 Å². The molecule has 0 spiro atoms. The van der Waals surface area contributed by atoms with Crippen LogP contribution in [0.1, 0.15) is 24.9 Å². The Hall–Kier alpha value is -0.420. The van der Waals surface area contributed by atoms with Crippen LogP contribution in [-0.4, -0.2) is 19.0 Å². The molecule has 1 fully saturated rings. The molecule has 0 saturated carbocycles. The predicted molar refractivity (Wildman–Crippen MR) is 66.0 cm³/mol. The Morgan fingerprint density at radius 3 is 2.75 bits per heavy atom. The molecule has 0 amide bonds. The standard InChI is InChI=1S/C12H16BrNO2/c1-12(15-5-6-16-12)8-11(14)9-3-2-4-10(13)7-9/h2-4,7,11H,5-6,8,14H2,1H3. The third-order valence-electron chi connectivity index (χ3n) is 2.77. The van der Waals surface area contributed by atoms with Crippen molar-refractivity contribution >= 4 is 15.9 Å². The minimum atomic E-state index is -0.526. The molecule has 3 nitrogen and oxygen atoms in total. The average molecular weight is 286 g/mol. The third kappa shape index (κ3) is 2.83. The third-order valence-corrected chi connectivity index (χ3v) is 3.26. The van der Waals surface area contributed by atoms with Crippen molar-refractivity contribution in [3.63, 3.8) is 0 Å². The van der Waals surface area contributed by atoms with Crippen LogP contribution in [-0.2, 0) is 9.47 Å². The van der Waals surface area contributed by atoms with Crippen LogP contribution in [0.5, 0.6) is 0 Å². The zero-order chi connectivity index (χ0) is 11.6. The van der Waals surface area contributed by atoms with Crippen LogP contribution in [0.15, 0.2) is 28.7 Å². The molecule has 0 aliphatic carbocycles. The number of ether oxygens (including phenoxy) is 2. The van der Waals surface area contributed by atoms with E-state index in [0.29, 0.717) is 19.6 Å². The topological polar surface area (TPSA) is 44.5 Å². The van der Waals surface area contributed by atoms with Crippen LogP contribution >= 0.6 is 15.9 Å². The zero-order valence-corrected chi connectivity index (χ0v) is 10.9. The van der Waals surface area contributed by atoms with Gasteiger partial charge in [-0.25, -0.2) is 0 Å². The fourth-order valence-corrected chi connectivity index (χ4v) is 2.35. The SMILES string of the molecule is CC1(CC(N)c2cccc(Br)c2)OCCO1. The van der Waals surface area contributed by atoms with Crippen molar-refractivity contribution in [1.82, 2.24) is 0 Å². The fourth-order valence-electron chi connectivity index (χ4n) is 1.93. The van der Waals surface area contributed by atoms with Crippen LogP contribution in [0.25, 0.3) is 0 Å². The first-order chi connectivity index (χ1) is 7.59. The Balaban J connectivity index is 2.05. The summed E-state index contributed by atoms with van der Waals surface area (Å²) < 4.78 is 12.1. The van der Waals surface area contributed by atoms with Crippen LogP contribution in [0.2, 0.25) is 0 Å². The van der Waals surface area contributed by atoms with E-state index < -0.39 is 5.79 Å². The van der Waals surface area contributed by atoms with Crippen LogP contribution in [0, 0.1) is 0 Å². The van der Waals surface area contributed by atoms with E-state index in [4.69, 9.17) is 15.2 Å². The van der Waals surface area contributed by atoms with Crippen molar-refractivity contribution in [2.45, 2.75) is 25.2 Å². The molecule has 1 aliphatic rings. The molecule has 2 rings (SSSR count). The van der Waals surface area contributed by atoms with Gasteiger partial charge in [0.1, 0.15) is 0 Å². The lowest BCUT2D eigenvalue weighted by molar-refractivity contribution is -0.150. The van der Waals surface area contributed by atoms with E-state index in [1.54, 1.807) is 0 Å². The Kier molecular flexibility index (Phi) is 3.64. The smallest absolute Gasteiger partial charge is 0.167 e. The van der Waals surface area contributed by atoms with Gasteiger partial charge in [0.25, 0.3) is 0 Å². The molecule has 4 heteroatoms. The quantitative estimate of drug-likeness (QED) is 0.929. The molecule has 1 saturated heterocycles. The molecule has 1 atom stereocenters. The first kappa shape index (κ1) is 12.0. The zero-order valence-electron chi connectivity index (χ0n) is 9.28. The highest BCUT2D eigenvalue weighted by atomic mass is 79.9. The lowest BCUT2D eigenvalue weighted by Crippen LogP contribution is -2.31.